The molecule has 150 valence electrons. The number of likely N-dealkylation sites (N-methyl/N-ethyl adjacent to an activating group) is 2. The van der Waals surface area contributed by atoms with Crippen molar-refractivity contribution in [3.63, 3.8) is 0 Å². The summed E-state index contributed by atoms with van der Waals surface area (Å²) in [7, 11) is 4.52. The van der Waals surface area contributed by atoms with Crippen LogP contribution in [0.4, 0.5) is 4.79 Å². The summed E-state index contributed by atoms with van der Waals surface area (Å²) < 4.78 is 6.71. The Bertz CT molecular complexity index is 965. The number of para-hydroxylation sites is 1. The number of allylic oxidation sites excluding steroid dienone is 1. The van der Waals surface area contributed by atoms with Gasteiger partial charge in [0.2, 0.25) is 0 Å². The van der Waals surface area contributed by atoms with Crippen molar-refractivity contribution in [1.29, 1.82) is 0 Å². The smallest absolute Gasteiger partial charge is 0.333 e. The average Bonchev–Trinajstić information content (AvgIpc) is 3.14. The van der Waals surface area contributed by atoms with Crippen molar-refractivity contribution in [2.24, 2.45) is 10.1 Å². The fourth-order valence-electron chi connectivity index (χ4n) is 2.98. The molecule has 2 aliphatic heterocycles. The van der Waals surface area contributed by atoms with Gasteiger partial charge in [-0.3, -0.25) is 19.4 Å². The van der Waals surface area contributed by atoms with Gasteiger partial charge in [-0.05, 0) is 23.2 Å². The molecule has 2 heterocycles. The van der Waals surface area contributed by atoms with E-state index in [-0.39, 0.29) is 6.54 Å². The molecular weight excluding hydrogens is 376 g/mol. The number of methoxy groups -OCH3 is 1. The maximum atomic E-state index is 12.4. The van der Waals surface area contributed by atoms with E-state index >= 15 is 0 Å². The van der Waals surface area contributed by atoms with Gasteiger partial charge in [0.15, 0.2) is 6.54 Å². The molecule has 29 heavy (non-hydrogen) atoms. The summed E-state index contributed by atoms with van der Waals surface area (Å²) in [5, 5.41) is 3.86. The minimum Gasteiger partial charge on any atom is -0.496 e. The van der Waals surface area contributed by atoms with Crippen LogP contribution in [0.2, 0.25) is 0 Å². The monoisotopic (exact) mass is 397 g/mol. The zero-order valence-electron chi connectivity index (χ0n) is 16.3. The van der Waals surface area contributed by atoms with Gasteiger partial charge in [0.1, 0.15) is 5.75 Å². The first-order valence-electron chi connectivity index (χ1n) is 8.77. The minimum absolute atomic E-state index is 0.132. The van der Waals surface area contributed by atoms with Gasteiger partial charge in [-0.25, -0.2) is 14.8 Å². The number of urea groups is 1. The third-order valence-corrected chi connectivity index (χ3v) is 4.49. The highest BCUT2D eigenvalue weighted by Crippen LogP contribution is 2.18. The zero-order valence-corrected chi connectivity index (χ0v) is 16.3. The molecule has 1 N–H and O–H groups in total. The molecular formula is C19H21N6O4+. The Kier molecular flexibility index (Phi) is 5.82. The Balaban J connectivity index is 1.55. The number of hydrogen-bond donors (Lipinski definition) is 1. The number of aliphatic imine (C=N–C) groups is 1. The summed E-state index contributed by atoms with van der Waals surface area (Å²) in [5.74, 6) is 0.174. The van der Waals surface area contributed by atoms with Gasteiger partial charge in [0, 0.05) is 25.9 Å². The van der Waals surface area contributed by atoms with E-state index in [1.54, 1.807) is 19.3 Å². The number of nitrogens with one attached hydrogen (secondary N) is 1. The number of nitrogens with zero attached hydrogens (tertiary/aromatic N) is 5. The molecule has 1 fully saturated rings. The first-order valence-corrected chi connectivity index (χ1v) is 8.77. The number of hydrogen-bond acceptors (Lipinski definition) is 6. The van der Waals surface area contributed by atoms with Crippen LogP contribution in [0.1, 0.15) is 5.56 Å². The van der Waals surface area contributed by atoms with Crippen LogP contribution in [0, 0.1) is 0 Å². The fraction of sp³-hybridized carbons (Fsp3) is 0.263. The summed E-state index contributed by atoms with van der Waals surface area (Å²) >= 11 is 0. The van der Waals surface area contributed by atoms with E-state index in [0.29, 0.717) is 5.84 Å². The number of imide groups is 1. The van der Waals surface area contributed by atoms with Crippen LogP contribution in [0.5, 0.6) is 5.75 Å². The molecule has 0 radical (unpaired) electrons. The summed E-state index contributed by atoms with van der Waals surface area (Å²) in [5.41, 5.74) is 3.27. The Hall–Kier alpha value is -3.82. The number of fused-ring (bicyclic) bond motifs is 1. The lowest BCUT2D eigenvalue weighted by Gasteiger charge is -2.30. The lowest BCUT2D eigenvalue weighted by molar-refractivity contribution is -0.519. The third kappa shape index (κ3) is 4.05. The minimum atomic E-state index is -0.803. The molecule has 1 saturated heterocycles. The standard InChI is InChI=1S/C19H20N6O4/c1-23-17-16(18(27)24(2)19(23)28)25(12-20-17)11-15(26)22-21-10-6-8-13-7-4-5-9-14(13)29-3/h4-10,12,16H,11H2,1-3H3/p+1/b8-6+,21-10+. The number of carbonyl (C=O) groups excluding carboxylic acids is 3. The van der Waals surface area contributed by atoms with Crippen LogP contribution < -0.4 is 10.2 Å². The molecule has 1 aromatic carbocycles. The molecule has 2 aliphatic rings. The Labute approximate surface area is 167 Å². The highest BCUT2D eigenvalue weighted by molar-refractivity contribution is 6.21. The summed E-state index contributed by atoms with van der Waals surface area (Å²) in [4.78, 5) is 42.9. The van der Waals surface area contributed by atoms with Gasteiger partial charge >= 0.3 is 6.03 Å². The summed E-state index contributed by atoms with van der Waals surface area (Å²) in [6, 6.07) is 6.23. The molecule has 0 aliphatic carbocycles. The van der Waals surface area contributed by atoms with Gasteiger partial charge in [0.05, 0.1) is 7.11 Å². The van der Waals surface area contributed by atoms with Crippen molar-refractivity contribution >= 4 is 42.3 Å². The van der Waals surface area contributed by atoms with Crippen molar-refractivity contribution in [2.75, 3.05) is 27.7 Å². The van der Waals surface area contributed by atoms with Gasteiger partial charge in [-0.2, -0.15) is 5.10 Å². The predicted octanol–water partition coefficient (Wildman–Crippen LogP) is 0.156. The second-order valence-electron chi connectivity index (χ2n) is 6.33. The second kappa shape index (κ2) is 8.46. The maximum absolute atomic E-state index is 12.4. The molecule has 3 rings (SSSR count). The van der Waals surface area contributed by atoms with Crippen molar-refractivity contribution in [3.05, 3.63) is 35.9 Å². The molecule has 0 bridgehead atoms. The molecule has 0 spiro atoms. The normalized spacial score (nSPS) is 18.9. The van der Waals surface area contributed by atoms with Crippen molar-refractivity contribution in [1.82, 2.24) is 15.2 Å². The molecule has 1 unspecified atom stereocenters. The largest absolute Gasteiger partial charge is 0.496 e. The van der Waals surface area contributed by atoms with Gasteiger partial charge < -0.3 is 4.74 Å². The number of carbonyl (C=O) groups is 3. The van der Waals surface area contributed by atoms with Crippen molar-refractivity contribution in [2.45, 2.75) is 6.04 Å². The number of hydrazone groups is 1. The topological polar surface area (TPSA) is 107 Å². The van der Waals surface area contributed by atoms with Crippen molar-refractivity contribution in [3.8, 4) is 5.75 Å². The SMILES string of the molecule is COc1ccccc1/C=C/C=N/NC(=O)C[N+]1=CN=C2C1C(=O)N(C)C(=O)N2C. The van der Waals surface area contributed by atoms with Crippen LogP contribution in [0.25, 0.3) is 6.08 Å². The van der Waals surface area contributed by atoms with Gasteiger partial charge in [-0.1, -0.05) is 18.2 Å². The molecule has 4 amide bonds. The molecule has 1 atom stereocenters. The quantitative estimate of drug-likeness (QED) is 0.419. The van der Waals surface area contributed by atoms with Crippen molar-refractivity contribution < 1.29 is 23.7 Å². The number of rotatable bonds is 6. The molecule has 1 aromatic rings. The van der Waals surface area contributed by atoms with E-state index in [1.807, 2.05) is 24.3 Å². The Morgan fingerprint density at radius 2 is 2.07 bits per heavy atom. The highest BCUT2D eigenvalue weighted by atomic mass is 16.5. The van der Waals surface area contributed by atoms with Crippen LogP contribution in [-0.4, -0.2) is 84.4 Å². The predicted molar refractivity (Wildman–Crippen MR) is 107 cm³/mol. The Morgan fingerprint density at radius 1 is 1.31 bits per heavy atom. The van der Waals surface area contributed by atoms with E-state index in [9.17, 15) is 14.4 Å². The lowest BCUT2D eigenvalue weighted by atomic mass is 10.1. The second-order valence-corrected chi connectivity index (χ2v) is 6.33. The van der Waals surface area contributed by atoms with E-state index in [4.69, 9.17) is 4.74 Å². The third-order valence-electron chi connectivity index (χ3n) is 4.49. The number of ether oxygens (including phenoxy) is 1. The number of amidine groups is 1. The van der Waals surface area contributed by atoms with E-state index in [1.165, 1.54) is 36.1 Å². The van der Waals surface area contributed by atoms with Crippen LogP contribution in [0.15, 0.2) is 40.4 Å². The Morgan fingerprint density at radius 3 is 2.83 bits per heavy atom. The first kappa shape index (κ1) is 19.9. The molecule has 10 heteroatoms. The van der Waals surface area contributed by atoms with Gasteiger partial charge in [-0.15, -0.1) is 0 Å². The first-order chi connectivity index (χ1) is 13.9. The number of benzene rings is 1. The maximum Gasteiger partial charge on any atom is 0.333 e. The van der Waals surface area contributed by atoms with E-state index < -0.39 is 23.9 Å². The lowest BCUT2D eigenvalue weighted by Crippen LogP contribution is -2.61. The zero-order chi connectivity index (χ0) is 21.0. The van der Waals surface area contributed by atoms with Gasteiger partial charge in [0.25, 0.3) is 30.0 Å². The van der Waals surface area contributed by atoms with Crippen LogP contribution in [0.3, 0.4) is 0 Å². The van der Waals surface area contributed by atoms with E-state index in [0.717, 1.165) is 16.2 Å². The molecule has 0 aromatic heterocycles. The fourth-order valence-corrected chi connectivity index (χ4v) is 2.98. The van der Waals surface area contributed by atoms with E-state index in [2.05, 4.69) is 15.5 Å². The molecule has 0 saturated carbocycles. The van der Waals surface area contributed by atoms with Crippen LogP contribution in [-0.2, 0) is 9.59 Å². The molecule has 10 nitrogen and oxygen atoms in total. The average molecular weight is 397 g/mol. The highest BCUT2D eigenvalue weighted by Gasteiger charge is 2.50. The number of amides is 4. The summed E-state index contributed by atoms with van der Waals surface area (Å²) in [6.45, 7) is -0.132. The summed E-state index contributed by atoms with van der Waals surface area (Å²) in [6.07, 6.45) is 6.28. The van der Waals surface area contributed by atoms with Crippen LogP contribution >= 0.6 is 0 Å².